The Kier molecular flexibility index (Phi) is 6.59. The second kappa shape index (κ2) is 8.22. The number of likely N-dealkylation sites (N-methyl/N-ethyl adjacent to an activating group) is 2. The fourth-order valence-electron chi connectivity index (χ4n) is 2.53. The lowest BCUT2D eigenvalue weighted by Gasteiger charge is -2.24. The van der Waals surface area contributed by atoms with Crippen molar-refractivity contribution in [3.63, 3.8) is 0 Å². The Bertz CT molecular complexity index is 528. The van der Waals surface area contributed by atoms with Crippen molar-refractivity contribution in [3.8, 4) is 0 Å². The molecule has 0 radical (unpaired) electrons. The van der Waals surface area contributed by atoms with Crippen molar-refractivity contribution in [1.29, 1.82) is 0 Å². The summed E-state index contributed by atoms with van der Waals surface area (Å²) in [4.78, 5) is 7.18. The summed E-state index contributed by atoms with van der Waals surface area (Å²) in [5, 5.41) is 14.6. The van der Waals surface area contributed by atoms with Gasteiger partial charge in [-0.2, -0.15) is 0 Å². The molecule has 0 aliphatic rings. The van der Waals surface area contributed by atoms with Gasteiger partial charge in [-0.1, -0.05) is 0 Å². The van der Waals surface area contributed by atoms with E-state index in [4.69, 9.17) is 0 Å². The van der Waals surface area contributed by atoms with E-state index in [0.29, 0.717) is 13.1 Å². The van der Waals surface area contributed by atoms with E-state index in [0.717, 1.165) is 13.1 Å². The van der Waals surface area contributed by atoms with Crippen LogP contribution >= 0.6 is 22.7 Å². The lowest BCUT2D eigenvalue weighted by Crippen LogP contribution is -2.37. The number of nitrogens with zero attached hydrogens (tertiary/aromatic N) is 2. The minimum absolute atomic E-state index is 0.324. The van der Waals surface area contributed by atoms with E-state index in [1.165, 1.54) is 20.9 Å². The first kappa shape index (κ1) is 17.6. The molecule has 0 aliphatic heterocycles. The number of hydrogen-bond donors (Lipinski definition) is 1. The van der Waals surface area contributed by atoms with E-state index in [-0.39, 0.29) is 6.10 Å². The van der Waals surface area contributed by atoms with Gasteiger partial charge < -0.3 is 5.11 Å². The Morgan fingerprint density at radius 3 is 1.64 bits per heavy atom. The molecule has 22 heavy (non-hydrogen) atoms. The topological polar surface area (TPSA) is 26.7 Å². The molecule has 0 aliphatic carbocycles. The molecule has 0 unspecified atom stereocenters. The van der Waals surface area contributed by atoms with E-state index in [9.17, 15) is 5.11 Å². The molecule has 0 bridgehead atoms. The van der Waals surface area contributed by atoms with Crippen molar-refractivity contribution in [3.05, 3.63) is 43.8 Å². The summed E-state index contributed by atoms with van der Waals surface area (Å²) < 4.78 is 0. The second-order valence-corrected chi connectivity index (χ2v) is 8.10. The van der Waals surface area contributed by atoms with Crippen molar-refractivity contribution in [1.82, 2.24) is 9.80 Å². The zero-order chi connectivity index (χ0) is 16.1. The normalized spacial score (nSPS) is 12.0. The summed E-state index contributed by atoms with van der Waals surface area (Å²) in [5.74, 6) is 0. The van der Waals surface area contributed by atoms with E-state index >= 15 is 0 Å². The zero-order valence-corrected chi connectivity index (χ0v) is 15.5. The predicted molar refractivity (Wildman–Crippen MR) is 96.8 cm³/mol. The molecule has 0 spiro atoms. The third-order valence-electron chi connectivity index (χ3n) is 3.81. The Hall–Kier alpha value is -0.720. The molecule has 0 amide bonds. The lowest BCUT2D eigenvalue weighted by atomic mass is 10.2. The van der Waals surface area contributed by atoms with Crippen LogP contribution in [0.3, 0.4) is 0 Å². The molecule has 0 atom stereocenters. The molecular weight excluding hydrogens is 312 g/mol. The van der Waals surface area contributed by atoms with Crippen LogP contribution < -0.4 is 0 Å². The van der Waals surface area contributed by atoms with E-state index < -0.39 is 0 Å². The van der Waals surface area contributed by atoms with Crippen LogP contribution in [0.4, 0.5) is 0 Å². The maximum Gasteiger partial charge on any atom is 0.0793 e. The zero-order valence-electron chi connectivity index (χ0n) is 13.9. The van der Waals surface area contributed by atoms with Crippen molar-refractivity contribution in [2.24, 2.45) is 0 Å². The Morgan fingerprint density at radius 2 is 1.32 bits per heavy atom. The first-order valence-electron chi connectivity index (χ1n) is 7.56. The first-order valence-corrected chi connectivity index (χ1v) is 9.32. The maximum atomic E-state index is 10.3. The second-order valence-electron chi connectivity index (χ2n) is 6.10. The van der Waals surface area contributed by atoms with Gasteiger partial charge in [-0.05, 0) is 62.0 Å². The first-order chi connectivity index (χ1) is 10.5. The van der Waals surface area contributed by atoms with Crippen LogP contribution in [0, 0.1) is 13.8 Å². The SMILES string of the molecule is Cc1ccsc1CN(C)CC(O)CN(C)Cc1sccc1C. The number of hydrogen-bond acceptors (Lipinski definition) is 5. The van der Waals surface area contributed by atoms with E-state index in [1.54, 1.807) is 22.7 Å². The Labute approximate surface area is 141 Å². The largest absolute Gasteiger partial charge is 0.390 e. The Morgan fingerprint density at radius 1 is 0.909 bits per heavy atom. The summed E-state index contributed by atoms with van der Waals surface area (Å²) in [6.45, 7) is 7.51. The smallest absolute Gasteiger partial charge is 0.0793 e. The number of aliphatic hydroxyl groups is 1. The average molecular weight is 339 g/mol. The summed E-state index contributed by atoms with van der Waals surface area (Å²) in [7, 11) is 4.15. The molecular formula is C17H26N2OS2. The van der Waals surface area contributed by atoms with Crippen molar-refractivity contribution in [2.45, 2.75) is 33.0 Å². The highest BCUT2D eigenvalue weighted by Gasteiger charge is 2.13. The number of aliphatic hydroxyl groups excluding tert-OH is 1. The van der Waals surface area contributed by atoms with E-state index in [2.05, 4.69) is 60.6 Å². The fourth-order valence-corrected chi connectivity index (χ4v) is 4.50. The maximum absolute atomic E-state index is 10.3. The number of rotatable bonds is 8. The van der Waals surface area contributed by atoms with Crippen LogP contribution in [-0.2, 0) is 13.1 Å². The quantitative estimate of drug-likeness (QED) is 0.799. The minimum atomic E-state index is -0.324. The van der Waals surface area contributed by atoms with Crippen LogP contribution in [0.25, 0.3) is 0 Å². The molecule has 0 saturated carbocycles. The third-order valence-corrected chi connectivity index (χ3v) is 5.82. The fraction of sp³-hybridized carbons (Fsp3) is 0.529. The van der Waals surface area contributed by atoms with E-state index in [1.807, 2.05) is 0 Å². The number of thiophene rings is 2. The van der Waals surface area contributed by atoms with Gasteiger partial charge >= 0.3 is 0 Å². The van der Waals surface area contributed by atoms with Gasteiger partial charge in [-0.25, -0.2) is 0 Å². The highest BCUT2D eigenvalue weighted by Crippen LogP contribution is 2.18. The minimum Gasteiger partial charge on any atom is -0.390 e. The van der Waals surface area contributed by atoms with Gasteiger partial charge in [0.15, 0.2) is 0 Å². The molecule has 0 fully saturated rings. The Balaban J connectivity index is 1.76. The van der Waals surface area contributed by atoms with Crippen molar-refractivity contribution >= 4 is 22.7 Å². The lowest BCUT2D eigenvalue weighted by molar-refractivity contribution is 0.0872. The summed E-state index contributed by atoms with van der Waals surface area (Å²) >= 11 is 3.58. The standard InChI is InChI=1S/C17H26N2OS2/c1-13-5-7-21-16(13)11-18(3)9-15(20)10-19(4)12-17-14(2)6-8-22-17/h5-8,15,20H,9-12H2,1-4H3. The molecule has 3 nitrogen and oxygen atoms in total. The van der Waals surface area contributed by atoms with Crippen molar-refractivity contribution < 1.29 is 5.11 Å². The van der Waals surface area contributed by atoms with Crippen LogP contribution in [0.2, 0.25) is 0 Å². The van der Waals surface area contributed by atoms with Crippen LogP contribution in [-0.4, -0.2) is 48.2 Å². The molecule has 2 rings (SSSR count). The number of aryl methyl sites for hydroxylation is 2. The highest BCUT2D eigenvalue weighted by atomic mass is 32.1. The average Bonchev–Trinajstić information content (AvgIpc) is 2.99. The van der Waals surface area contributed by atoms with Gasteiger partial charge in [-0.3, -0.25) is 9.80 Å². The van der Waals surface area contributed by atoms with Crippen molar-refractivity contribution in [2.75, 3.05) is 27.2 Å². The van der Waals surface area contributed by atoms with Crippen LogP contribution in [0.15, 0.2) is 22.9 Å². The van der Waals surface area contributed by atoms with Gasteiger partial charge in [-0.15, -0.1) is 22.7 Å². The molecule has 2 aromatic rings. The summed E-state index contributed by atoms with van der Waals surface area (Å²) in [6, 6.07) is 4.31. The monoisotopic (exact) mass is 338 g/mol. The predicted octanol–water partition coefficient (Wildman–Crippen LogP) is 3.35. The summed E-state index contributed by atoms with van der Waals surface area (Å²) in [6.07, 6.45) is -0.324. The van der Waals surface area contributed by atoms with Gasteiger partial charge in [0.2, 0.25) is 0 Å². The highest BCUT2D eigenvalue weighted by molar-refractivity contribution is 7.10. The van der Waals surface area contributed by atoms with Gasteiger partial charge in [0.1, 0.15) is 0 Å². The molecule has 1 N–H and O–H groups in total. The molecule has 122 valence electrons. The van der Waals surface area contributed by atoms with Crippen LogP contribution in [0.5, 0.6) is 0 Å². The van der Waals surface area contributed by atoms with Gasteiger partial charge in [0.25, 0.3) is 0 Å². The van der Waals surface area contributed by atoms with Gasteiger partial charge in [0.05, 0.1) is 6.10 Å². The van der Waals surface area contributed by atoms with Gasteiger partial charge in [0, 0.05) is 35.9 Å². The van der Waals surface area contributed by atoms with Crippen LogP contribution in [0.1, 0.15) is 20.9 Å². The summed E-state index contributed by atoms with van der Waals surface area (Å²) in [5.41, 5.74) is 2.69. The molecule has 2 aromatic heterocycles. The molecule has 5 heteroatoms. The molecule has 0 saturated heterocycles. The third kappa shape index (κ3) is 5.18. The molecule has 0 aromatic carbocycles. The molecule has 2 heterocycles.